The number of nitrogens with zero attached hydrogens (tertiary/aromatic N) is 7. The summed E-state index contributed by atoms with van der Waals surface area (Å²) in [4.78, 5) is 38.1. The molecule has 5 heterocycles. The summed E-state index contributed by atoms with van der Waals surface area (Å²) in [6.45, 7) is 4.96. The maximum Gasteiger partial charge on any atom is 0.357 e. The van der Waals surface area contributed by atoms with Crippen LogP contribution in [0.15, 0.2) is 30.3 Å². The number of likely N-dealkylation sites (tertiary alicyclic amines) is 1. The number of nitrogens with two attached hydrogens (primary N) is 1. The number of halogens is 1. The number of imidazole rings is 1. The van der Waals surface area contributed by atoms with Crippen LogP contribution < -0.4 is 10.5 Å². The third-order valence-electron chi connectivity index (χ3n) is 9.18. The Labute approximate surface area is 271 Å². The van der Waals surface area contributed by atoms with E-state index in [4.69, 9.17) is 25.2 Å². The molecule has 1 aliphatic carbocycles. The number of carbonyl (C=O) groups is 2. The number of alkyl halides is 1. The number of hydrogen-bond acceptors (Lipinski definition) is 8. The van der Waals surface area contributed by atoms with E-state index in [1.165, 1.54) is 4.90 Å². The molecule has 2 aliphatic rings. The molecule has 0 unspecified atom stereocenters. The van der Waals surface area contributed by atoms with Crippen LogP contribution in [0, 0.1) is 12.8 Å². The normalized spacial score (nSPS) is 18.3. The van der Waals surface area contributed by atoms with Crippen LogP contribution in [0.2, 0.25) is 0 Å². The highest BCUT2D eigenvalue weighted by molar-refractivity contribution is 6.00. The second-order valence-electron chi connectivity index (χ2n) is 12.7. The first-order valence-electron chi connectivity index (χ1n) is 16.0. The number of hydrogen-bond donors (Lipinski definition) is 1. The summed E-state index contributed by atoms with van der Waals surface area (Å²) < 4.78 is 31.1. The van der Waals surface area contributed by atoms with Crippen molar-refractivity contribution in [3.8, 4) is 28.5 Å². The Kier molecular flexibility index (Phi) is 7.74. The number of amides is 1. The van der Waals surface area contributed by atoms with Crippen LogP contribution in [-0.2, 0) is 25.4 Å². The van der Waals surface area contributed by atoms with Crippen LogP contribution in [-0.4, -0.2) is 84.7 Å². The number of aryl methyl sites for hydroxylation is 3. The van der Waals surface area contributed by atoms with Crippen molar-refractivity contribution >= 4 is 33.9 Å². The highest BCUT2D eigenvalue weighted by Crippen LogP contribution is 2.38. The molecule has 13 heteroatoms. The molecule has 2 atom stereocenters. The van der Waals surface area contributed by atoms with Crippen molar-refractivity contribution in [1.29, 1.82) is 0 Å². The Balaban J connectivity index is 1.35. The highest BCUT2D eigenvalue weighted by Gasteiger charge is 2.31. The molecule has 12 nitrogen and oxygen atoms in total. The van der Waals surface area contributed by atoms with Gasteiger partial charge in [-0.15, -0.1) is 0 Å². The van der Waals surface area contributed by atoms with E-state index in [1.54, 1.807) is 37.9 Å². The second kappa shape index (κ2) is 11.8. The van der Waals surface area contributed by atoms with Crippen LogP contribution in [0.5, 0.6) is 5.75 Å². The lowest BCUT2D eigenvalue weighted by molar-refractivity contribution is 0.0514. The molecule has 2 N–H and O–H groups in total. The van der Waals surface area contributed by atoms with Gasteiger partial charge in [-0.05, 0) is 69.4 Å². The van der Waals surface area contributed by atoms with Gasteiger partial charge in [0.15, 0.2) is 11.5 Å². The third kappa shape index (κ3) is 5.41. The summed E-state index contributed by atoms with van der Waals surface area (Å²) in [5.74, 6) is 0.961. The van der Waals surface area contributed by atoms with E-state index in [2.05, 4.69) is 15.7 Å². The van der Waals surface area contributed by atoms with Gasteiger partial charge in [0.2, 0.25) is 0 Å². The fraction of sp³-hybridized carbons (Fsp3) is 0.441. The van der Waals surface area contributed by atoms with E-state index in [0.29, 0.717) is 57.8 Å². The number of carbonyl (C=O) groups excluding carboxylic acids is 2. The highest BCUT2D eigenvalue weighted by atomic mass is 19.1. The first-order valence-corrected chi connectivity index (χ1v) is 16.0. The molecule has 4 aromatic heterocycles. The van der Waals surface area contributed by atoms with E-state index >= 15 is 0 Å². The van der Waals surface area contributed by atoms with Gasteiger partial charge in [0, 0.05) is 44.2 Å². The van der Waals surface area contributed by atoms with E-state index in [0.717, 1.165) is 41.6 Å². The predicted octanol–water partition coefficient (Wildman–Crippen LogP) is 4.41. The smallest absolute Gasteiger partial charge is 0.357 e. The summed E-state index contributed by atoms with van der Waals surface area (Å²) in [6, 6.07) is 9.01. The van der Waals surface area contributed by atoms with Crippen LogP contribution in [0.25, 0.3) is 44.8 Å². The predicted molar refractivity (Wildman–Crippen MR) is 175 cm³/mol. The molecule has 0 radical (unpaired) electrons. The average Bonchev–Trinajstić information content (AvgIpc) is 3.60. The molecule has 1 aromatic carbocycles. The van der Waals surface area contributed by atoms with Gasteiger partial charge in [0.05, 0.1) is 48.4 Å². The van der Waals surface area contributed by atoms with Crippen LogP contribution in [0.1, 0.15) is 52.7 Å². The molecule has 1 saturated heterocycles. The van der Waals surface area contributed by atoms with Crippen molar-refractivity contribution < 1.29 is 23.5 Å². The van der Waals surface area contributed by atoms with Crippen molar-refractivity contribution in [2.45, 2.75) is 51.9 Å². The SMILES string of the molecule is CCOC(=O)c1c(-c2ccc3cc(-c4nc5cc(C(=O)N6C[C@H](N)C[C@@H](F)C6)cc(OC)c5n4C)n(CC4CC4)c3n2)c(C)nn1C. The second-order valence-corrected chi connectivity index (χ2v) is 12.7. The number of rotatable bonds is 8. The first-order chi connectivity index (χ1) is 22.6. The molecular weight excluding hydrogens is 603 g/mol. The van der Waals surface area contributed by atoms with E-state index in [9.17, 15) is 14.0 Å². The van der Waals surface area contributed by atoms with Gasteiger partial charge in [-0.1, -0.05) is 0 Å². The molecule has 0 spiro atoms. The standard InChI is InChI=1S/C34H39FN8O4/c1-6-47-34(45)30-28(18(2)39-41(30)4)24-10-9-20-12-26(43(31(20)37-24)15-19-7-8-19)32-38-25-11-21(13-27(46-5)29(25)40(32)3)33(44)42-16-22(35)14-23(36)17-42/h9-13,19,22-23H,6-8,14-17,36H2,1-5H3/t22-,23-/m1/s1. The molecule has 47 heavy (non-hydrogen) atoms. The quantitative estimate of drug-likeness (QED) is 0.246. The van der Waals surface area contributed by atoms with Gasteiger partial charge >= 0.3 is 5.97 Å². The zero-order chi connectivity index (χ0) is 33.1. The van der Waals surface area contributed by atoms with Gasteiger partial charge in [0.1, 0.15) is 23.1 Å². The van der Waals surface area contributed by atoms with Crippen molar-refractivity contribution in [3.05, 3.63) is 47.3 Å². The minimum absolute atomic E-state index is 0.0104. The van der Waals surface area contributed by atoms with Crippen molar-refractivity contribution in [2.24, 2.45) is 25.7 Å². The zero-order valence-electron chi connectivity index (χ0n) is 27.3. The van der Waals surface area contributed by atoms with Gasteiger partial charge in [-0.25, -0.2) is 19.2 Å². The van der Waals surface area contributed by atoms with Crippen LogP contribution >= 0.6 is 0 Å². The number of aromatic nitrogens is 6. The van der Waals surface area contributed by atoms with Gasteiger partial charge in [-0.3, -0.25) is 9.48 Å². The number of fused-ring (bicyclic) bond motifs is 2. The summed E-state index contributed by atoms with van der Waals surface area (Å²) >= 11 is 0. The summed E-state index contributed by atoms with van der Waals surface area (Å²) in [5, 5.41) is 5.44. The summed E-state index contributed by atoms with van der Waals surface area (Å²) in [7, 11) is 5.21. The molecule has 1 amide bonds. The Bertz CT molecular complexity index is 2030. The molecular formula is C34H39FN8O4. The molecule has 1 aliphatic heterocycles. The summed E-state index contributed by atoms with van der Waals surface area (Å²) in [6.07, 6.45) is 1.36. The maximum atomic E-state index is 14.3. The number of benzene rings is 1. The van der Waals surface area contributed by atoms with Gasteiger partial charge in [0.25, 0.3) is 5.91 Å². The average molecular weight is 643 g/mol. The lowest BCUT2D eigenvalue weighted by atomic mass is 10.0. The molecule has 1 saturated carbocycles. The maximum absolute atomic E-state index is 14.3. The Morgan fingerprint density at radius 1 is 1.11 bits per heavy atom. The monoisotopic (exact) mass is 642 g/mol. The fourth-order valence-corrected chi connectivity index (χ4v) is 6.84. The Hall–Kier alpha value is -4.78. The zero-order valence-corrected chi connectivity index (χ0v) is 27.3. The lowest BCUT2D eigenvalue weighted by Crippen LogP contribution is -2.50. The van der Waals surface area contributed by atoms with Crippen molar-refractivity contribution in [2.75, 3.05) is 26.8 Å². The Morgan fingerprint density at radius 3 is 2.60 bits per heavy atom. The molecule has 7 rings (SSSR count). The number of piperidine rings is 1. The van der Waals surface area contributed by atoms with Crippen molar-refractivity contribution in [3.63, 3.8) is 0 Å². The lowest BCUT2D eigenvalue weighted by Gasteiger charge is -2.33. The number of ether oxygens (including phenoxy) is 2. The minimum atomic E-state index is -1.16. The van der Waals surface area contributed by atoms with Crippen molar-refractivity contribution in [1.82, 2.24) is 33.8 Å². The van der Waals surface area contributed by atoms with Crippen LogP contribution in [0.3, 0.4) is 0 Å². The minimum Gasteiger partial charge on any atom is -0.494 e. The number of pyridine rings is 1. The third-order valence-corrected chi connectivity index (χ3v) is 9.18. The van der Waals surface area contributed by atoms with Gasteiger partial charge in [-0.2, -0.15) is 5.10 Å². The summed E-state index contributed by atoms with van der Waals surface area (Å²) in [5.41, 5.74) is 11.7. The molecule has 246 valence electrons. The topological polar surface area (TPSA) is 135 Å². The van der Waals surface area contributed by atoms with E-state index in [-0.39, 0.29) is 25.5 Å². The molecule has 2 fully saturated rings. The van der Waals surface area contributed by atoms with Gasteiger partial charge < -0.3 is 29.2 Å². The fourth-order valence-electron chi connectivity index (χ4n) is 6.84. The van der Waals surface area contributed by atoms with Crippen LogP contribution in [0.4, 0.5) is 4.39 Å². The van der Waals surface area contributed by atoms with E-state index < -0.39 is 18.2 Å². The molecule has 5 aromatic rings. The number of esters is 1. The Morgan fingerprint density at radius 2 is 1.89 bits per heavy atom. The number of methoxy groups -OCH3 is 1. The van der Waals surface area contributed by atoms with E-state index in [1.807, 2.05) is 30.7 Å². The first kappa shape index (κ1) is 30.9. The molecule has 0 bridgehead atoms. The largest absolute Gasteiger partial charge is 0.494 e.